The average molecular weight is 380 g/mol. The summed E-state index contributed by atoms with van der Waals surface area (Å²) >= 11 is 0. The molecule has 0 saturated carbocycles. The second-order valence-corrected chi connectivity index (χ2v) is 7.92. The summed E-state index contributed by atoms with van der Waals surface area (Å²) in [5.74, 6) is 0.0500. The van der Waals surface area contributed by atoms with Crippen molar-refractivity contribution in [2.24, 2.45) is 5.92 Å². The number of anilines is 1. The Morgan fingerprint density at radius 2 is 1.96 bits per heavy atom. The second kappa shape index (κ2) is 7.70. The van der Waals surface area contributed by atoms with Crippen LogP contribution in [0.25, 0.3) is 0 Å². The van der Waals surface area contributed by atoms with E-state index in [0.717, 1.165) is 37.2 Å². The van der Waals surface area contributed by atoms with Crippen molar-refractivity contribution in [1.29, 1.82) is 0 Å². The number of fused-ring (bicyclic) bond motifs is 1. The van der Waals surface area contributed by atoms with Crippen molar-refractivity contribution in [2.45, 2.75) is 39.3 Å². The van der Waals surface area contributed by atoms with Crippen molar-refractivity contribution in [3.63, 3.8) is 0 Å². The Kier molecular flexibility index (Phi) is 5.11. The van der Waals surface area contributed by atoms with Gasteiger partial charge in [-0.3, -0.25) is 4.79 Å². The van der Waals surface area contributed by atoms with Crippen molar-refractivity contribution >= 4 is 17.6 Å². The maximum atomic E-state index is 13.2. The molecule has 0 spiro atoms. The van der Waals surface area contributed by atoms with Gasteiger partial charge < -0.3 is 19.7 Å². The van der Waals surface area contributed by atoms with Gasteiger partial charge in [-0.2, -0.15) is 0 Å². The molecular formula is C22H28N4O2. The molecule has 6 nitrogen and oxygen atoms in total. The summed E-state index contributed by atoms with van der Waals surface area (Å²) in [6.45, 7) is 6.84. The largest absolute Gasteiger partial charge is 0.348 e. The number of carbonyl (C=O) groups excluding carboxylic acids is 2. The summed E-state index contributed by atoms with van der Waals surface area (Å²) in [7, 11) is 0. The maximum absolute atomic E-state index is 13.2. The third kappa shape index (κ3) is 3.63. The molecule has 3 heterocycles. The van der Waals surface area contributed by atoms with Crippen LogP contribution in [0.4, 0.5) is 10.5 Å². The van der Waals surface area contributed by atoms with Crippen LogP contribution in [0, 0.1) is 12.8 Å². The topological polar surface area (TPSA) is 57.6 Å². The lowest BCUT2D eigenvalue weighted by Gasteiger charge is -2.39. The van der Waals surface area contributed by atoms with Crippen LogP contribution in [0.5, 0.6) is 0 Å². The van der Waals surface area contributed by atoms with E-state index in [1.54, 1.807) is 4.90 Å². The monoisotopic (exact) mass is 380 g/mol. The molecule has 0 aliphatic carbocycles. The van der Waals surface area contributed by atoms with Crippen LogP contribution in [0.15, 0.2) is 42.6 Å². The molecule has 1 fully saturated rings. The molecule has 0 bridgehead atoms. The van der Waals surface area contributed by atoms with Crippen LogP contribution >= 0.6 is 0 Å². The van der Waals surface area contributed by atoms with E-state index >= 15 is 0 Å². The van der Waals surface area contributed by atoms with Gasteiger partial charge in [-0.15, -0.1) is 0 Å². The highest BCUT2D eigenvalue weighted by Gasteiger charge is 2.35. The Balaban J connectivity index is 1.41. The zero-order chi connectivity index (χ0) is 19.7. The second-order valence-electron chi connectivity index (χ2n) is 7.92. The van der Waals surface area contributed by atoms with Crippen molar-refractivity contribution in [3.8, 4) is 0 Å². The van der Waals surface area contributed by atoms with Gasteiger partial charge >= 0.3 is 6.03 Å². The Morgan fingerprint density at radius 1 is 1.11 bits per heavy atom. The molecule has 1 aromatic carbocycles. The maximum Gasteiger partial charge on any atom is 0.321 e. The fourth-order valence-electron chi connectivity index (χ4n) is 4.40. The molecule has 0 radical (unpaired) electrons. The number of carbonyl (C=O) groups is 2. The number of urea groups is 1. The summed E-state index contributed by atoms with van der Waals surface area (Å²) in [6, 6.07) is 11.9. The molecule has 148 valence electrons. The smallest absolute Gasteiger partial charge is 0.321 e. The molecule has 2 aliphatic rings. The van der Waals surface area contributed by atoms with Gasteiger partial charge in [-0.25, -0.2) is 4.79 Å². The van der Waals surface area contributed by atoms with Crippen LogP contribution in [0.3, 0.4) is 0 Å². The number of nitrogens with zero attached hydrogens (tertiary/aromatic N) is 3. The van der Waals surface area contributed by atoms with E-state index in [9.17, 15) is 9.59 Å². The predicted octanol–water partition coefficient (Wildman–Crippen LogP) is 3.64. The van der Waals surface area contributed by atoms with Gasteiger partial charge in [0.15, 0.2) is 0 Å². The SMILES string of the molecule is Cc1cccc(NC(=O)N2CCCC(C(=O)N3CCn4cccc4C3C)C2)c1. The van der Waals surface area contributed by atoms with Crippen LogP contribution in [0.2, 0.25) is 0 Å². The number of nitrogens with one attached hydrogen (secondary N) is 1. The minimum Gasteiger partial charge on any atom is -0.348 e. The first-order valence-corrected chi connectivity index (χ1v) is 10.1. The van der Waals surface area contributed by atoms with Crippen molar-refractivity contribution in [3.05, 3.63) is 53.9 Å². The number of amides is 3. The van der Waals surface area contributed by atoms with Gasteiger partial charge in [0.25, 0.3) is 0 Å². The van der Waals surface area contributed by atoms with Crippen molar-refractivity contribution < 1.29 is 9.59 Å². The number of rotatable bonds is 2. The van der Waals surface area contributed by atoms with Gasteiger partial charge in [-0.1, -0.05) is 12.1 Å². The lowest BCUT2D eigenvalue weighted by atomic mass is 9.95. The first-order chi connectivity index (χ1) is 13.5. The van der Waals surface area contributed by atoms with Gasteiger partial charge in [0, 0.05) is 43.8 Å². The number of piperidine rings is 1. The molecule has 1 saturated heterocycles. The third-order valence-electron chi connectivity index (χ3n) is 5.95. The first kappa shape index (κ1) is 18.6. The van der Waals surface area contributed by atoms with E-state index in [-0.39, 0.29) is 23.9 Å². The molecule has 2 unspecified atom stereocenters. The zero-order valence-electron chi connectivity index (χ0n) is 16.6. The number of benzene rings is 1. The highest BCUT2D eigenvalue weighted by Crippen LogP contribution is 2.29. The van der Waals surface area contributed by atoms with E-state index in [1.807, 2.05) is 42.2 Å². The van der Waals surface area contributed by atoms with Crippen molar-refractivity contribution in [2.75, 3.05) is 25.0 Å². The molecule has 28 heavy (non-hydrogen) atoms. The zero-order valence-corrected chi connectivity index (χ0v) is 16.6. The summed E-state index contributed by atoms with van der Waals surface area (Å²) in [5, 5.41) is 2.97. The highest BCUT2D eigenvalue weighted by molar-refractivity contribution is 5.90. The van der Waals surface area contributed by atoms with Gasteiger partial charge in [0.05, 0.1) is 12.0 Å². The predicted molar refractivity (Wildman–Crippen MR) is 109 cm³/mol. The Morgan fingerprint density at radius 3 is 2.79 bits per heavy atom. The lowest BCUT2D eigenvalue weighted by Crippen LogP contribution is -2.50. The minimum atomic E-state index is -0.124. The summed E-state index contributed by atoms with van der Waals surface area (Å²) < 4.78 is 2.22. The molecule has 6 heteroatoms. The quantitative estimate of drug-likeness (QED) is 0.865. The van der Waals surface area contributed by atoms with Gasteiger partial charge in [-0.05, 0) is 56.5 Å². The Labute approximate surface area is 166 Å². The average Bonchev–Trinajstić information content (AvgIpc) is 3.18. The standard InChI is InChI=1S/C22H28N4O2/c1-16-6-3-8-19(14-16)23-22(28)25-11-4-7-18(15-25)21(27)26-13-12-24-10-5-9-20(24)17(26)2/h3,5-6,8-10,14,17-18H,4,7,11-13,15H2,1-2H3,(H,23,28). The molecule has 4 rings (SSSR count). The number of hydrogen-bond donors (Lipinski definition) is 1. The Hall–Kier alpha value is -2.76. The minimum absolute atomic E-state index is 0.0766. The first-order valence-electron chi connectivity index (χ1n) is 10.1. The number of aromatic nitrogens is 1. The molecular weight excluding hydrogens is 352 g/mol. The lowest BCUT2D eigenvalue weighted by molar-refractivity contribution is -0.140. The van der Waals surface area contributed by atoms with Gasteiger partial charge in [0.1, 0.15) is 0 Å². The fourth-order valence-corrected chi connectivity index (χ4v) is 4.40. The molecule has 1 aromatic heterocycles. The van der Waals surface area contributed by atoms with E-state index < -0.39 is 0 Å². The van der Waals surface area contributed by atoms with Crippen molar-refractivity contribution in [1.82, 2.24) is 14.4 Å². The van der Waals surface area contributed by atoms with Crippen LogP contribution in [-0.4, -0.2) is 45.9 Å². The van der Waals surface area contributed by atoms with Crippen LogP contribution < -0.4 is 5.32 Å². The molecule has 3 amide bonds. The molecule has 2 aliphatic heterocycles. The third-order valence-corrected chi connectivity index (χ3v) is 5.95. The number of aryl methyl sites for hydroxylation is 1. The fraction of sp³-hybridized carbons (Fsp3) is 0.455. The molecule has 2 aromatic rings. The van der Waals surface area contributed by atoms with E-state index in [1.165, 1.54) is 5.69 Å². The molecule has 1 N–H and O–H groups in total. The van der Waals surface area contributed by atoms with Crippen LogP contribution in [-0.2, 0) is 11.3 Å². The number of hydrogen-bond acceptors (Lipinski definition) is 2. The van der Waals surface area contributed by atoms with E-state index in [2.05, 4.69) is 29.1 Å². The summed E-state index contributed by atoms with van der Waals surface area (Å²) in [6.07, 6.45) is 3.78. The Bertz CT molecular complexity index is 875. The highest BCUT2D eigenvalue weighted by atomic mass is 16.2. The van der Waals surface area contributed by atoms with E-state index in [4.69, 9.17) is 0 Å². The van der Waals surface area contributed by atoms with Crippen LogP contribution in [0.1, 0.15) is 37.1 Å². The summed E-state index contributed by atoms with van der Waals surface area (Å²) in [5.41, 5.74) is 3.08. The normalized spacial score (nSPS) is 21.9. The van der Waals surface area contributed by atoms with E-state index in [0.29, 0.717) is 13.1 Å². The number of likely N-dealkylation sites (tertiary alicyclic amines) is 1. The summed E-state index contributed by atoms with van der Waals surface area (Å²) in [4.78, 5) is 29.7. The van der Waals surface area contributed by atoms with Gasteiger partial charge in [0.2, 0.25) is 5.91 Å². The molecule has 2 atom stereocenters.